The van der Waals surface area contributed by atoms with E-state index in [1.54, 1.807) is 11.4 Å². The maximum atomic E-state index is 12.0. The molecule has 0 unspecified atom stereocenters. The molecule has 10 heteroatoms. The lowest BCUT2D eigenvalue weighted by molar-refractivity contribution is 0.0455. The molecule has 3 heterocycles. The topological polar surface area (TPSA) is 84.9 Å². The molecular weight excluding hydrogens is 385 g/mol. The van der Waals surface area contributed by atoms with Crippen LogP contribution in [0.1, 0.15) is 16.3 Å². The molecule has 23 heavy (non-hydrogen) atoms. The van der Waals surface area contributed by atoms with Crippen molar-refractivity contribution in [3.05, 3.63) is 54.6 Å². The van der Waals surface area contributed by atoms with Crippen LogP contribution in [0.3, 0.4) is 0 Å². The van der Waals surface area contributed by atoms with Crippen molar-refractivity contribution in [3.63, 3.8) is 0 Å². The number of hydrogen-bond donors (Lipinski definition) is 1. The minimum atomic E-state index is -0.804. The smallest absolute Gasteiger partial charge is 0.358 e. The molecule has 3 rings (SSSR count). The SMILES string of the molecule is O=C(OCc1nc2ccsc2c(=O)[nH]1)c1ncc(Cl)c(Cl)c1Cl. The summed E-state index contributed by atoms with van der Waals surface area (Å²) >= 11 is 18.8. The van der Waals surface area contributed by atoms with E-state index in [1.807, 2.05) is 0 Å². The van der Waals surface area contributed by atoms with Crippen molar-refractivity contribution < 1.29 is 9.53 Å². The number of carbonyl (C=O) groups excluding carboxylic acids is 1. The minimum Gasteiger partial charge on any atom is -0.453 e. The first-order valence-electron chi connectivity index (χ1n) is 6.10. The van der Waals surface area contributed by atoms with E-state index in [0.717, 1.165) is 0 Å². The highest BCUT2D eigenvalue weighted by Crippen LogP contribution is 2.31. The summed E-state index contributed by atoms with van der Waals surface area (Å²) in [6.07, 6.45) is 1.20. The molecule has 0 radical (unpaired) electrons. The lowest BCUT2D eigenvalue weighted by Crippen LogP contribution is -2.14. The van der Waals surface area contributed by atoms with Gasteiger partial charge in [-0.05, 0) is 11.4 Å². The van der Waals surface area contributed by atoms with Crippen molar-refractivity contribution in [2.45, 2.75) is 6.61 Å². The second-order valence-corrected chi connectivity index (χ2v) is 6.39. The van der Waals surface area contributed by atoms with Gasteiger partial charge in [-0.2, -0.15) is 0 Å². The molecule has 0 spiro atoms. The maximum Gasteiger partial charge on any atom is 0.358 e. The molecule has 1 N–H and O–H groups in total. The lowest BCUT2D eigenvalue weighted by Gasteiger charge is -2.07. The summed E-state index contributed by atoms with van der Waals surface area (Å²) in [4.78, 5) is 34.4. The fourth-order valence-corrected chi connectivity index (χ4v) is 3.06. The zero-order chi connectivity index (χ0) is 16.6. The average Bonchev–Trinajstić information content (AvgIpc) is 2.99. The maximum absolute atomic E-state index is 12.0. The highest BCUT2D eigenvalue weighted by molar-refractivity contribution is 7.17. The van der Waals surface area contributed by atoms with E-state index >= 15 is 0 Å². The van der Waals surface area contributed by atoms with Gasteiger partial charge >= 0.3 is 5.97 Å². The van der Waals surface area contributed by atoms with Gasteiger partial charge in [-0.1, -0.05) is 34.8 Å². The fraction of sp³-hybridized carbons (Fsp3) is 0.0769. The Morgan fingerprint density at radius 3 is 2.87 bits per heavy atom. The molecule has 0 aromatic carbocycles. The molecule has 0 amide bonds. The van der Waals surface area contributed by atoms with Crippen LogP contribution < -0.4 is 5.56 Å². The van der Waals surface area contributed by atoms with Gasteiger partial charge in [0.05, 0.1) is 20.6 Å². The van der Waals surface area contributed by atoms with Gasteiger partial charge in [0.1, 0.15) is 17.1 Å². The molecule has 6 nitrogen and oxygen atoms in total. The number of ether oxygens (including phenoxy) is 1. The second kappa shape index (κ2) is 6.45. The van der Waals surface area contributed by atoms with Crippen molar-refractivity contribution in [2.75, 3.05) is 0 Å². The first kappa shape index (κ1) is 16.2. The predicted molar refractivity (Wildman–Crippen MR) is 88.6 cm³/mol. The summed E-state index contributed by atoms with van der Waals surface area (Å²) in [5, 5.41) is 1.80. The Kier molecular flexibility index (Phi) is 4.54. The van der Waals surface area contributed by atoms with Crippen LogP contribution in [-0.4, -0.2) is 20.9 Å². The summed E-state index contributed by atoms with van der Waals surface area (Å²) in [6, 6.07) is 1.71. The van der Waals surface area contributed by atoms with Crippen molar-refractivity contribution in [1.29, 1.82) is 0 Å². The predicted octanol–water partition coefficient (Wildman–Crippen LogP) is 3.70. The third-order valence-corrected chi connectivity index (χ3v) is 4.96. The number of thiophene rings is 1. The largest absolute Gasteiger partial charge is 0.453 e. The van der Waals surface area contributed by atoms with Crippen molar-refractivity contribution in [3.8, 4) is 0 Å². The van der Waals surface area contributed by atoms with Gasteiger partial charge < -0.3 is 9.72 Å². The number of nitrogens with one attached hydrogen (secondary N) is 1. The monoisotopic (exact) mass is 389 g/mol. The number of nitrogens with zero attached hydrogens (tertiary/aromatic N) is 2. The molecule has 0 atom stereocenters. The number of esters is 1. The Bertz CT molecular complexity index is 970. The summed E-state index contributed by atoms with van der Waals surface area (Å²) in [5.74, 6) is -0.591. The van der Waals surface area contributed by atoms with Crippen LogP contribution in [-0.2, 0) is 11.3 Å². The number of aromatic nitrogens is 3. The van der Waals surface area contributed by atoms with Crippen LogP contribution in [0.15, 0.2) is 22.4 Å². The van der Waals surface area contributed by atoms with Crippen LogP contribution in [0.2, 0.25) is 15.1 Å². The first-order valence-corrected chi connectivity index (χ1v) is 8.11. The molecule has 0 saturated heterocycles. The molecular formula is C13H6Cl3N3O3S. The number of carbonyl (C=O) groups is 1. The highest BCUT2D eigenvalue weighted by Gasteiger charge is 2.19. The van der Waals surface area contributed by atoms with Crippen LogP contribution in [0.5, 0.6) is 0 Å². The number of halogens is 3. The molecule has 118 valence electrons. The summed E-state index contributed by atoms with van der Waals surface area (Å²) in [5.41, 5.74) is 0.0808. The number of fused-ring (bicyclic) bond motifs is 1. The van der Waals surface area contributed by atoms with Gasteiger partial charge in [0, 0.05) is 6.20 Å². The number of hydrogen-bond acceptors (Lipinski definition) is 6. The van der Waals surface area contributed by atoms with E-state index in [1.165, 1.54) is 17.5 Å². The van der Waals surface area contributed by atoms with Crippen LogP contribution in [0.4, 0.5) is 0 Å². The summed E-state index contributed by atoms with van der Waals surface area (Å²) in [6.45, 7) is -0.238. The molecule has 0 saturated carbocycles. The van der Waals surface area contributed by atoms with Crippen LogP contribution in [0, 0.1) is 0 Å². The second-order valence-electron chi connectivity index (χ2n) is 4.31. The van der Waals surface area contributed by atoms with Gasteiger partial charge in [-0.25, -0.2) is 14.8 Å². The van der Waals surface area contributed by atoms with Gasteiger partial charge in [0.25, 0.3) is 5.56 Å². The fourth-order valence-electron chi connectivity index (χ4n) is 1.78. The normalized spacial score (nSPS) is 10.9. The Balaban J connectivity index is 1.81. The van der Waals surface area contributed by atoms with Crippen LogP contribution >= 0.6 is 46.1 Å². The first-order chi connectivity index (χ1) is 11.0. The Labute approximate surface area is 148 Å². The van der Waals surface area contributed by atoms with Gasteiger partial charge in [0.2, 0.25) is 0 Å². The average molecular weight is 391 g/mol. The quantitative estimate of drug-likeness (QED) is 0.689. The van der Waals surface area contributed by atoms with Gasteiger partial charge in [-0.3, -0.25) is 4.79 Å². The Morgan fingerprint density at radius 1 is 1.30 bits per heavy atom. The standard InChI is InChI=1S/C13H6Cl3N3O3S/c14-5-3-17-10(9(16)8(5)15)13(21)22-4-7-18-6-1-2-23-11(6)12(20)19-7/h1-3H,4H2,(H,18,19,20). The Morgan fingerprint density at radius 2 is 2.09 bits per heavy atom. The van der Waals surface area contributed by atoms with Gasteiger partial charge in [0.15, 0.2) is 5.69 Å². The third-order valence-electron chi connectivity index (χ3n) is 2.81. The lowest BCUT2D eigenvalue weighted by atomic mass is 10.3. The number of pyridine rings is 1. The van der Waals surface area contributed by atoms with Crippen molar-refractivity contribution in [1.82, 2.24) is 15.0 Å². The number of H-pyrrole nitrogens is 1. The van der Waals surface area contributed by atoms with E-state index in [0.29, 0.717) is 10.2 Å². The van der Waals surface area contributed by atoms with E-state index in [2.05, 4.69) is 15.0 Å². The molecule has 0 aliphatic heterocycles. The van der Waals surface area contributed by atoms with Gasteiger partial charge in [-0.15, -0.1) is 11.3 Å². The van der Waals surface area contributed by atoms with Crippen molar-refractivity contribution in [2.24, 2.45) is 0 Å². The summed E-state index contributed by atoms with van der Waals surface area (Å²) in [7, 11) is 0. The molecule has 0 aliphatic carbocycles. The van der Waals surface area contributed by atoms with E-state index in [9.17, 15) is 9.59 Å². The zero-order valence-corrected chi connectivity index (χ0v) is 14.2. The van der Waals surface area contributed by atoms with E-state index < -0.39 is 5.97 Å². The number of aromatic amines is 1. The molecule has 0 aliphatic rings. The molecule has 3 aromatic heterocycles. The highest BCUT2D eigenvalue weighted by atomic mass is 35.5. The zero-order valence-electron chi connectivity index (χ0n) is 11.1. The number of rotatable bonds is 3. The molecule has 3 aromatic rings. The molecule has 0 bridgehead atoms. The third kappa shape index (κ3) is 3.18. The van der Waals surface area contributed by atoms with Crippen molar-refractivity contribution >= 4 is 62.3 Å². The van der Waals surface area contributed by atoms with E-state index in [4.69, 9.17) is 39.5 Å². The summed E-state index contributed by atoms with van der Waals surface area (Å²) < 4.78 is 5.56. The van der Waals surface area contributed by atoms with E-state index in [-0.39, 0.29) is 38.8 Å². The minimum absolute atomic E-state index is 0.0153. The molecule has 0 fully saturated rings. The van der Waals surface area contributed by atoms with Crippen LogP contribution in [0.25, 0.3) is 10.2 Å². The Hall–Kier alpha value is -1.67.